The Bertz CT molecular complexity index is 382. The van der Waals surface area contributed by atoms with Crippen molar-refractivity contribution in [2.45, 2.75) is 26.3 Å². The monoisotopic (exact) mass is 239 g/mol. The van der Waals surface area contributed by atoms with E-state index in [9.17, 15) is 10.1 Å². The molecule has 0 aromatic carbocycles. The zero-order chi connectivity index (χ0) is 12.8. The number of aromatic nitrogens is 1. The molecule has 1 unspecified atom stereocenters. The van der Waals surface area contributed by atoms with E-state index in [0.29, 0.717) is 6.42 Å². The third-order valence-corrected chi connectivity index (χ3v) is 2.55. The number of nitro groups is 1. The molecule has 1 rings (SSSR count). The van der Waals surface area contributed by atoms with Crippen molar-refractivity contribution in [1.29, 1.82) is 0 Å². The van der Waals surface area contributed by atoms with Crippen LogP contribution in [0.5, 0.6) is 0 Å². The van der Waals surface area contributed by atoms with Gasteiger partial charge < -0.3 is 10.4 Å². The molecule has 0 aliphatic rings. The first-order valence-corrected chi connectivity index (χ1v) is 5.53. The Kier molecular flexibility index (Phi) is 4.84. The average Bonchev–Trinajstić information content (AvgIpc) is 2.28. The molecule has 0 aliphatic carbocycles. The van der Waals surface area contributed by atoms with Gasteiger partial charge in [-0.3, -0.25) is 10.1 Å². The summed E-state index contributed by atoms with van der Waals surface area (Å²) in [5, 5.41) is 22.8. The van der Waals surface area contributed by atoms with Crippen LogP contribution in [0.3, 0.4) is 0 Å². The van der Waals surface area contributed by atoms with Crippen molar-refractivity contribution < 1.29 is 10.0 Å². The lowest BCUT2D eigenvalue weighted by Gasteiger charge is -2.21. The average molecular weight is 239 g/mol. The van der Waals surface area contributed by atoms with E-state index in [2.05, 4.69) is 10.3 Å². The van der Waals surface area contributed by atoms with Gasteiger partial charge in [-0.05, 0) is 18.4 Å². The van der Waals surface area contributed by atoms with Gasteiger partial charge in [0.05, 0.1) is 4.92 Å². The lowest BCUT2D eigenvalue weighted by molar-refractivity contribution is -0.384. The van der Waals surface area contributed by atoms with Crippen LogP contribution in [0.15, 0.2) is 18.3 Å². The molecule has 6 heteroatoms. The molecule has 0 amide bonds. The van der Waals surface area contributed by atoms with Gasteiger partial charge in [0.1, 0.15) is 0 Å². The first kappa shape index (κ1) is 13.4. The second-order valence-corrected chi connectivity index (χ2v) is 4.14. The molecule has 6 nitrogen and oxygen atoms in total. The minimum Gasteiger partial charge on any atom is -0.396 e. The van der Waals surface area contributed by atoms with Crippen molar-refractivity contribution in [1.82, 2.24) is 4.98 Å². The fourth-order valence-corrected chi connectivity index (χ4v) is 1.54. The number of anilines is 1. The van der Waals surface area contributed by atoms with E-state index in [4.69, 9.17) is 5.11 Å². The number of hydrogen-bond acceptors (Lipinski definition) is 5. The third-order valence-electron chi connectivity index (χ3n) is 2.55. The molecule has 0 saturated carbocycles. The highest BCUT2D eigenvalue weighted by atomic mass is 16.6. The Hall–Kier alpha value is -1.69. The van der Waals surface area contributed by atoms with Crippen LogP contribution in [0.2, 0.25) is 0 Å². The van der Waals surface area contributed by atoms with E-state index in [0.717, 1.165) is 0 Å². The van der Waals surface area contributed by atoms with Crippen molar-refractivity contribution >= 4 is 11.5 Å². The molecular weight excluding hydrogens is 222 g/mol. The fourth-order valence-electron chi connectivity index (χ4n) is 1.54. The lowest BCUT2D eigenvalue weighted by atomic mass is 10.0. The van der Waals surface area contributed by atoms with Crippen molar-refractivity contribution in [2.24, 2.45) is 5.92 Å². The largest absolute Gasteiger partial charge is 0.396 e. The molecule has 1 atom stereocenters. The Balaban J connectivity index is 2.88. The van der Waals surface area contributed by atoms with Crippen molar-refractivity contribution in [3.63, 3.8) is 0 Å². The van der Waals surface area contributed by atoms with Crippen molar-refractivity contribution in [3.05, 3.63) is 28.4 Å². The van der Waals surface area contributed by atoms with E-state index in [-0.39, 0.29) is 30.1 Å². The number of pyridine rings is 1. The molecule has 1 aromatic heterocycles. The molecule has 1 heterocycles. The SMILES string of the molecule is CC(C)C(CCO)Nc1ncccc1[N+](=O)[O-]. The molecule has 0 bridgehead atoms. The van der Waals surface area contributed by atoms with Crippen LogP contribution >= 0.6 is 0 Å². The fraction of sp³-hybridized carbons (Fsp3) is 0.545. The van der Waals surface area contributed by atoms with Gasteiger partial charge in [0.2, 0.25) is 5.82 Å². The Morgan fingerprint density at radius 2 is 2.29 bits per heavy atom. The molecule has 0 fully saturated rings. The number of aliphatic hydroxyl groups is 1. The van der Waals surface area contributed by atoms with E-state index >= 15 is 0 Å². The summed E-state index contributed by atoms with van der Waals surface area (Å²) in [5.74, 6) is 0.508. The number of nitrogens with zero attached hydrogens (tertiary/aromatic N) is 2. The Morgan fingerprint density at radius 1 is 1.59 bits per heavy atom. The molecule has 0 saturated heterocycles. The molecule has 0 spiro atoms. The van der Waals surface area contributed by atoms with Crippen molar-refractivity contribution in [3.8, 4) is 0 Å². The van der Waals surface area contributed by atoms with Crippen LogP contribution in [0.4, 0.5) is 11.5 Å². The van der Waals surface area contributed by atoms with Crippen LogP contribution in [0.25, 0.3) is 0 Å². The highest BCUT2D eigenvalue weighted by molar-refractivity contribution is 5.55. The van der Waals surface area contributed by atoms with E-state index < -0.39 is 4.92 Å². The molecule has 17 heavy (non-hydrogen) atoms. The lowest BCUT2D eigenvalue weighted by Crippen LogP contribution is -2.27. The maximum atomic E-state index is 10.8. The minimum atomic E-state index is -0.467. The number of rotatable bonds is 6. The van der Waals surface area contributed by atoms with Gasteiger partial charge in [0.25, 0.3) is 0 Å². The topological polar surface area (TPSA) is 88.3 Å². The van der Waals surface area contributed by atoms with Crippen molar-refractivity contribution in [2.75, 3.05) is 11.9 Å². The molecule has 0 radical (unpaired) electrons. The standard InChI is InChI=1S/C11H17N3O3/c1-8(2)9(5-7-15)13-11-10(14(16)17)4-3-6-12-11/h3-4,6,8-9,15H,5,7H2,1-2H3,(H,12,13). The van der Waals surface area contributed by atoms with Crippen LogP contribution in [-0.2, 0) is 0 Å². The van der Waals surface area contributed by atoms with Crippen LogP contribution in [0.1, 0.15) is 20.3 Å². The number of nitrogens with one attached hydrogen (secondary N) is 1. The molecule has 2 N–H and O–H groups in total. The van der Waals surface area contributed by atoms with Crippen LogP contribution in [-0.4, -0.2) is 27.7 Å². The van der Waals surface area contributed by atoms with Gasteiger partial charge in [-0.2, -0.15) is 0 Å². The normalized spacial score (nSPS) is 12.5. The second kappa shape index (κ2) is 6.15. The molecular formula is C11H17N3O3. The highest BCUT2D eigenvalue weighted by Crippen LogP contribution is 2.23. The van der Waals surface area contributed by atoms with E-state index in [1.807, 2.05) is 13.8 Å². The Morgan fingerprint density at radius 3 is 2.82 bits per heavy atom. The van der Waals surface area contributed by atoms with Gasteiger partial charge in [-0.1, -0.05) is 13.8 Å². The smallest absolute Gasteiger partial charge is 0.311 e. The maximum Gasteiger partial charge on any atom is 0.311 e. The third kappa shape index (κ3) is 3.67. The summed E-state index contributed by atoms with van der Waals surface area (Å²) < 4.78 is 0. The summed E-state index contributed by atoms with van der Waals surface area (Å²) >= 11 is 0. The summed E-state index contributed by atoms with van der Waals surface area (Å²) in [7, 11) is 0. The van der Waals surface area contributed by atoms with Gasteiger partial charge in [-0.25, -0.2) is 4.98 Å². The summed E-state index contributed by atoms with van der Waals surface area (Å²) in [6, 6.07) is 2.90. The predicted molar refractivity (Wildman–Crippen MR) is 64.8 cm³/mol. The maximum absolute atomic E-state index is 10.8. The van der Waals surface area contributed by atoms with Gasteiger partial charge in [0, 0.05) is 24.9 Å². The molecule has 1 aromatic rings. The van der Waals surface area contributed by atoms with E-state index in [1.165, 1.54) is 18.3 Å². The zero-order valence-corrected chi connectivity index (χ0v) is 9.96. The first-order chi connectivity index (χ1) is 8.06. The Labute approximate surface area is 99.8 Å². The van der Waals surface area contributed by atoms with Crippen LogP contribution < -0.4 is 5.32 Å². The second-order valence-electron chi connectivity index (χ2n) is 4.14. The zero-order valence-electron chi connectivity index (χ0n) is 9.96. The number of aliphatic hydroxyl groups excluding tert-OH is 1. The highest BCUT2D eigenvalue weighted by Gasteiger charge is 2.19. The summed E-state index contributed by atoms with van der Waals surface area (Å²) in [4.78, 5) is 14.3. The van der Waals surface area contributed by atoms with Gasteiger partial charge in [-0.15, -0.1) is 0 Å². The van der Waals surface area contributed by atoms with E-state index in [1.54, 1.807) is 0 Å². The summed E-state index contributed by atoms with van der Waals surface area (Å²) in [6.45, 7) is 4.01. The first-order valence-electron chi connectivity index (χ1n) is 5.53. The van der Waals surface area contributed by atoms with Gasteiger partial charge >= 0.3 is 5.69 Å². The molecule has 94 valence electrons. The molecule has 0 aliphatic heterocycles. The summed E-state index contributed by atoms with van der Waals surface area (Å²) in [5.41, 5.74) is -0.0453. The quantitative estimate of drug-likeness (QED) is 0.583. The minimum absolute atomic E-state index is 0.0337. The predicted octanol–water partition coefficient (Wildman–Crippen LogP) is 1.81. The van der Waals surface area contributed by atoms with Gasteiger partial charge in [0.15, 0.2) is 0 Å². The number of hydrogen-bond donors (Lipinski definition) is 2. The van der Waals surface area contributed by atoms with Crippen LogP contribution in [0, 0.1) is 16.0 Å². The summed E-state index contributed by atoms with van der Waals surface area (Å²) in [6.07, 6.45) is 2.04.